The molecule has 2 rings (SSSR count). The van der Waals surface area contributed by atoms with Gasteiger partial charge in [-0.25, -0.2) is 14.8 Å². The Morgan fingerprint density at radius 1 is 1.53 bits per heavy atom. The van der Waals surface area contributed by atoms with Crippen LogP contribution in [-0.4, -0.2) is 41.3 Å². The Morgan fingerprint density at radius 3 is 2.59 bits per heavy atom. The Hall–Kier alpha value is -1.03. The second kappa shape index (κ2) is 3.48. The lowest BCUT2D eigenvalue weighted by molar-refractivity contribution is -0.0429. The molecule has 2 aliphatic rings. The van der Waals surface area contributed by atoms with Crippen LogP contribution in [0.5, 0.6) is 0 Å². The molecule has 0 radical (unpaired) electrons. The van der Waals surface area contributed by atoms with Crippen molar-refractivity contribution in [1.29, 1.82) is 0 Å². The summed E-state index contributed by atoms with van der Waals surface area (Å²) in [5.74, 6) is 0.293. The minimum absolute atomic E-state index is 0.244. The molecule has 0 bridgehead atoms. The topological polar surface area (TPSA) is 32.8 Å². The van der Waals surface area contributed by atoms with E-state index in [1.165, 1.54) is 0 Å². The maximum absolute atomic E-state index is 12.0. The smallest absolute Gasteiger partial charge is 0.425 e. The fourth-order valence-corrected chi connectivity index (χ4v) is 3.58. The van der Waals surface area contributed by atoms with Crippen LogP contribution in [0, 0.1) is 5.92 Å². The molecule has 1 aliphatic carbocycles. The molecule has 1 aliphatic heterocycles. The normalized spacial score (nSPS) is 40.7. The van der Waals surface area contributed by atoms with Crippen molar-refractivity contribution in [3.8, 4) is 0 Å². The van der Waals surface area contributed by atoms with Gasteiger partial charge >= 0.3 is 6.09 Å². The van der Waals surface area contributed by atoms with Gasteiger partial charge in [0.2, 0.25) is 0 Å². The summed E-state index contributed by atoms with van der Waals surface area (Å²) in [4.78, 5) is 12.0. The van der Waals surface area contributed by atoms with Crippen LogP contribution in [0.2, 0.25) is 0 Å². The van der Waals surface area contributed by atoms with Crippen LogP contribution in [0.25, 0.3) is 0 Å². The van der Waals surface area contributed by atoms with Crippen molar-refractivity contribution >= 4 is 6.09 Å². The molecule has 0 aromatic carbocycles. The number of ether oxygens (including phenoxy) is 1. The highest BCUT2D eigenvalue weighted by Gasteiger charge is 2.67. The van der Waals surface area contributed by atoms with Gasteiger partial charge in [0.05, 0.1) is 0 Å². The van der Waals surface area contributed by atoms with E-state index in [1.54, 1.807) is 5.01 Å². The predicted molar refractivity (Wildman–Crippen MR) is 66.4 cm³/mol. The van der Waals surface area contributed by atoms with Gasteiger partial charge in [-0.05, 0) is 33.6 Å². The highest BCUT2D eigenvalue weighted by molar-refractivity contribution is 5.73. The summed E-state index contributed by atoms with van der Waals surface area (Å²) >= 11 is 0. The maximum Gasteiger partial charge on any atom is 0.425 e. The first-order chi connectivity index (χ1) is 7.74. The van der Waals surface area contributed by atoms with Crippen molar-refractivity contribution in [1.82, 2.24) is 10.0 Å². The number of nitrogens with zero attached hydrogens (tertiary/aromatic N) is 2. The lowest BCUT2D eigenvalue weighted by Gasteiger charge is -2.43. The van der Waals surface area contributed by atoms with Crippen molar-refractivity contribution in [3.05, 3.63) is 12.2 Å². The number of fused-ring (bicyclic) bond motifs is 1. The van der Waals surface area contributed by atoms with E-state index in [0.717, 1.165) is 18.4 Å². The molecule has 96 valence electrons. The van der Waals surface area contributed by atoms with Crippen LogP contribution in [0.3, 0.4) is 0 Å². The summed E-state index contributed by atoms with van der Waals surface area (Å²) < 4.78 is 5.63. The lowest BCUT2D eigenvalue weighted by atomic mass is 9.77. The molecular formula is C13H22N2O2. The van der Waals surface area contributed by atoms with Crippen LogP contribution in [0.1, 0.15) is 33.6 Å². The van der Waals surface area contributed by atoms with E-state index in [1.807, 2.05) is 33.0 Å². The highest BCUT2D eigenvalue weighted by Crippen LogP contribution is 2.55. The SMILES string of the molecule is C=C(C)[C@@H]1CC[C@]2(C)OC(=O)N(N(C)C)[C@]12C. The molecule has 1 heterocycles. The molecule has 1 saturated carbocycles. The fraction of sp³-hybridized carbons (Fsp3) is 0.769. The fourth-order valence-electron chi connectivity index (χ4n) is 3.58. The monoisotopic (exact) mass is 238 g/mol. The molecule has 0 aromatic heterocycles. The molecule has 1 amide bonds. The van der Waals surface area contributed by atoms with Gasteiger partial charge in [0.25, 0.3) is 0 Å². The first-order valence-corrected chi connectivity index (χ1v) is 6.10. The Balaban J connectivity index is 2.50. The molecule has 0 aromatic rings. The molecule has 1 saturated heterocycles. The number of hydrogen-bond acceptors (Lipinski definition) is 3. The standard InChI is InChI=1S/C13H22N2O2/c1-9(2)10-7-8-12(3)13(10,4)15(14(5)6)11(16)17-12/h10H,1,7-8H2,2-6H3/t10-,12-,13+/m0/s1. The van der Waals surface area contributed by atoms with Crippen molar-refractivity contribution in [3.63, 3.8) is 0 Å². The second-order valence-electron chi connectivity index (χ2n) is 5.84. The van der Waals surface area contributed by atoms with Gasteiger partial charge in [-0.2, -0.15) is 0 Å². The molecule has 0 unspecified atom stereocenters. The van der Waals surface area contributed by atoms with Gasteiger partial charge in [0, 0.05) is 20.0 Å². The predicted octanol–water partition coefficient (Wildman–Crippen LogP) is 2.42. The number of rotatable bonds is 2. The van der Waals surface area contributed by atoms with Crippen LogP contribution >= 0.6 is 0 Å². The van der Waals surface area contributed by atoms with Crippen molar-refractivity contribution in [2.45, 2.75) is 44.8 Å². The zero-order valence-electron chi connectivity index (χ0n) is 11.4. The van der Waals surface area contributed by atoms with Crippen LogP contribution in [0.4, 0.5) is 4.79 Å². The van der Waals surface area contributed by atoms with Crippen LogP contribution < -0.4 is 0 Å². The first kappa shape index (κ1) is 12.4. The summed E-state index contributed by atoms with van der Waals surface area (Å²) in [5.41, 5.74) is 0.401. The van der Waals surface area contributed by atoms with Crippen LogP contribution in [0.15, 0.2) is 12.2 Å². The molecule has 3 atom stereocenters. The number of amides is 1. The summed E-state index contributed by atoms with van der Waals surface area (Å²) in [6.45, 7) is 10.3. The quantitative estimate of drug-likeness (QED) is 0.693. The molecule has 4 heteroatoms. The van der Waals surface area contributed by atoms with Crippen molar-refractivity contribution < 1.29 is 9.53 Å². The zero-order chi connectivity index (χ0) is 13.0. The van der Waals surface area contributed by atoms with E-state index in [2.05, 4.69) is 13.5 Å². The average molecular weight is 238 g/mol. The van der Waals surface area contributed by atoms with Gasteiger partial charge in [-0.15, -0.1) is 0 Å². The maximum atomic E-state index is 12.0. The average Bonchev–Trinajstić information content (AvgIpc) is 2.48. The molecular weight excluding hydrogens is 216 g/mol. The highest BCUT2D eigenvalue weighted by atomic mass is 16.6. The van der Waals surface area contributed by atoms with E-state index < -0.39 is 5.60 Å². The minimum Gasteiger partial charge on any atom is -0.440 e. The lowest BCUT2D eigenvalue weighted by Crippen LogP contribution is -2.59. The first-order valence-electron chi connectivity index (χ1n) is 6.10. The minimum atomic E-state index is -0.405. The van der Waals surface area contributed by atoms with E-state index >= 15 is 0 Å². The van der Waals surface area contributed by atoms with E-state index in [9.17, 15) is 4.79 Å². The largest absolute Gasteiger partial charge is 0.440 e. The van der Waals surface area contributed by atoms with Gasteiger partial charge in [-0.3, -0.25) is 0 Å². The van der Waals surface area contributed by atoms with Gasteiger partial charge < -0.3 is 4.74 Å². The van der Waals surface area contributed by atoms with E-state index in [-0.39, 0.29) is 11.6 Å². The Labute approximate surface area is 103 Å². The van der Waals surface area contributed by atoms with Crippen molar-refractivity contribution in [2.75, 3.05) is 14.1 Å². The molecule has 2 fully saturated rings. The third-order valence-electron chi connectivity index (χ3n) is 4.58. The van der Waals surface area contributed by atoms with Gasteiger partial charge in [-0.1, -0.05) is 12.2 Å². The number of hydrazine groups is 1. The molecule has 0 N–H and O–H groups in total. The van der Waals surface area contributed by atoms with Gasteiger partial charge in [0.15, 0.2) is 0 Å². The molecule has 4 nitrogen and oxygen atoms in total. The third-order valence-corrected chi connectivity index (χ3v) is 4.58. The summed E-state index contributed by atoms with van der Waals surface area (Å²) in [7, 11) is 3.76. The second-order valence-corrected chi connectivity index (χ2v) is 5.84. The van der Waals surface area contributed by atoms with Crippen LogP contribution in [-0.2, 0) is 4.74 Å². The van der Waals surface area contributed by atoms with Crippen molar-refractivity contribution in [2.24, 2.45) is 5.92 Å². The molecule has 17 heavy (non-hydrogen) atoms. The summed E-state index contributed by atoms with van der Waals surface area (Å²) in [6.07, 6.45) is 1.68. The van der Waals surface area contributed by atoms with Gasteiger partial charge in [0.1, 0.15) is 11.1 Å². The Kier molecular flexibility index (Phi) is 2.54. The van der Waals surface area contributed by atoms with E-state index in [0.29, 0.717) is 5.92 Å². The number of carbonyl (C=O) groups is 1. The number of hydrogen-bond donors (Lipinski definition) is 0. The number of carbonyl (C=O) groups excluding carboxylic acids is 1. The van der Waals surface area contributed by atoms with E-state index in [4.69, 9.17) is 4.74 Å². The zero-order valence-corrected chi connectivity index (χ0v) is 11.4. The summed E-state index contributed by atoms with van der Waals surface area (Å²) in [5, 5.41) is 3.58. The Morgan fingerprint density at radius 2 is 2.12 bits per heavy atom. The summed E-state index contributed by atoms with van der Waals surface area (Å²) in [6, 6.07) is 0. The third kappa shape index (κ3) is 1.36. The Bertz CT molecular complexity index is 380. The molecule has 0 spiro atoms.